The van der Waals surface area contributed by atoms with E-state index >= 15 is 0 Å². The zero-order valence-electron chi connectivity index (χ0n) is 15.7. The molecular formula is C19H25N5O2S. The Morgan fingerprint density at radius 3 is 2.70 bits per heavy atom. The summed E-state index contributed by atoms with van der Waals surface area (Å²) in [5.41, 5.74) is 2.09. The summed E-state index contributed by atoms with van der Waals surface area (Å²) in [5.74, 6) is 0.505. The molecule has 1 fully saturated rings. The van der Waals surface area contributed by atoms with Gasteiger partial charge in [0.2, 0.25) is 5.91 Å². The Hall–Kier alpha value is -2.35. The van der Waals surface area contributed by atoms with Crippen LogP contribution in [0.1, 0.15) is 43.5 Å². The van der Waals surface area contributed by atoms with Gasteiger partial charge in [-0.3, -0.25) is 14.7 Å². The zero-order chi connectivity index (χ0) is 19.2. The number of imide groups is 1. The maximum Gasteiger partial charge on any atom is 0.321 e. The number of thioether (sulfide) groups is 1. The molecule has 1 aromatic carbocycles. The fraction of sp³-hybridized carbons (Fsp3) is 0.474. The molecule has 7 nitrogen and oxygen atoms in total. The largest absolute Gasteiger partial charge is 0.335 e. The SMILES string of the molecule is Cc1cccc(-n2c(C)nnc2SCC(=O)NC(=O)NC2CCCCC2)c1. The van der Waals surface area contributed by atoms with Crippen LogP contribution in [-0.2, 0) is 4.79 Å². The quantitative estimate of drug-likeness (QED) is 0.770. The Kier molecular flexibility index (Phi) is 6.49. The van der Waals surface area contributed by atoms with E-state index in [0.29, 0.717) is 5.16 Å². The third-order valence-corrected chi connectivity index (χ3v) is 5.51. The second-order valence-corrected chi connectivity index (χ2v) is 7.79. The zero-order valence-corrected chi connectivity index (χ0v) is 16.5. The highest BCUT2D eigenvalue weighted by molar-refractivity contribution is 7.99. The molecule has 27 heavy (non-hydrogen) atoms. The summed E-state index contributed by atoms with van der Waals surface area (Å²) in [5, 5.41) is 14.2. The second kappa shape index (κ2) is 9.03. The highest BCUT2D eigenvalue weighted by Crippen LogP contribution is 2.22. The molecule has 3 amide bonds. The van der Waals surface area contributed by atoms with E-state index in [1.807, 2.05) is 42.7 Å². The van der Waals surface area contributed by atoms with Crippen molar-refractivity contribution in [3.05, 3.63) is 35.7 Å². The number of nitrogens with zero attached hydrogens (tertiary/aromatic N) is 3. The van der Waals surface area contributed by atoms with Crippen molar-refractivity contribution in [2.75, 3.05) is 5.75 Å². The normalized spacial score (nSPS) is 14.7. The molecular weight excluding hydrogens is 362 g/mol. The summed E-state index contributed by atoms with van der Waals surface area (Å²) >= 11 is 1.26. The summed E-state index contributed by atoms with van der Waals surface area (Å²) in [6, 6.07) is 7.77. The van der Waals surface area contributed by atoms with Gasteiger partial charge in [-0.25, -0.2) is 4.79 Å². The molecule has 3 rings (SSSR count). The first-order chi connectivity index (χ1) is 13.0. The fourth-order valence-electron chi connectivity index (χ4n) is 3.26. The predicted molar refractivity (Wildman–Crippen MR) is 105 cm³/mol. The number of rotatable bonds is 5. The fourth-order valence-corrected chi connectivity index (χ4v) is 4.06. The lowest BCUT2D eigenvalue weighted by molar-refractivity contribution is -0.117. The molecule has 1 heterocycles. The van der Waals surface area contributed by atoms with Crippen molar-refractivity contribution in [2.45, 2.75) is 57.1 Å². The van der Waals surface area contributed by atoms with Crippen LogP contribution >= 0.6 is 11.8 Å². The molecule has 0 unspecified atom stereocenters. The van der Waals surface area contributed by atoms with Crippen LogP contribution in [0.4, 0.5) is 4.79 Å². The Balaban J connectivity index is 1.55. The van der Waals surface area contributed by atoms with Gasteiger partial charge in [-0.1, -0.05) is 43.2 Å². The van der Waals surface area contributed by atoms with Crippen LogP contribution in [0.2, 0.25) is 0 Å². The number of aromatic nitrogens is 3. The molecule has 0 aliphatic heterocycles. The minimum atomic E-state index is -0.413. The molecule has 1 aromatic heterocycles. The van der Waals surface area contributed by atoms with Crippen molar-refractivity contribution in [3.8, 4) is 5.69 Å². The van der Waals surface area contributed by atoms with Gasteiger partial charge in [0, 0.05) is 11.7 Å². The number of carbonyl (C=O) groups is 2. The van der Waals surface area contributed by atoms with Crippen LogP contribution in [0.3, 0.4) is 0 Å². The smallest absolute Gasteiger partial charge is 0.321 e. The molecule has 8 heteroatoms. The van der Waals surface area contributed by atoms with Gasteiger partial charge in [0.05, 0.1) is 5.75 Å². The highest BCUT2D eigenvalue weighted by atomic mass is 32.2. The van der Waals surface area contributed by atoms with E-state index in [0.717, 1.165) is 42.8 Å². The molecule has 2 aromatic rings. The maximum absolute atomic E-state index is 12.1. The lowest BCUT2D eigenvalue weighted by Gasteiger charge is -2.22. The van der Waals surface area contributed by atoms with Crippen molar-refractivity contribution in [1.29, 1.82) is 0 Å². The molecule has 0 radical (unpaired) electrons. The summed E-state index contributed by atoms with van der Waals surface area (Å²) in [7, 11) is 0. The van der Waals surface area contributed by atoms with Gasteiger partial charge in [-0.2, -0.15) is 0 Å². The number of hydrogen-bond acceptors (Lipinski definition) is 5. The molecule has 0 saturated heterocycles. The van der Waals surface area contributed by atoms with Crippen LogP contribution in [-0.4, -0.2) is 38.5 Å². The topological polar surface area (TPSA) is 88.9 Å². The van der Waals surface area contributed by atoms with E-state index < -0.39 is 6.03 Å². The predicted octanol–water partition coefficient (Wildman–Crippen LogP) is 3.13. The summed E-state index contributed by atoms with van der Waals surface area (Å²) in [6.45, 7) is 3.89. The van der Waals surface area contributed by atoms with Gasteiger partial charge in [-0.05, 0) is 44.4 Å². The molecule has 1 aliphatic rings. The van der Waals surface area contributed by atoms with Crippen molar-refractivity contribution in [1.82, 2.24) is 25.4 Å². The van der Waals surface area contributed by atoms with Crippen molar-refractivity contribution >= 4 is 23.7 Å². The van der Waals surface area contributed by atoms with Gasteiger partial charge in [0.15, 0.2) is 5.16 Å². The van der Waals surface area contributed by atoms with Crippen LogP contribution in [0, 0.1) is 13.8 Å². The van der Waals surface area contributed by atoms with E-state index in [2.05, 4.69) is 20.8 Å². The summed E-state index contributed by atoms with van der Waals surface area (Å²) < 4.78 is 1.91. The minimum absolute atomic E-state index is 0.0992. The number of nitrogens with one attached hydrogen (secondary N) is 2. The first-order valence-corrected chi connectivity index (χ1v) is 10.2. The highest BCUT2D eigenvalue weighted by Gasteiger charge is 2.18. The number of benzene rings is 1. The first kappa shape index (κ1) is 19.4. The van der Waals surface area contributed by atoms with E-state index in [4.69, 9.17) is 0 Å². The Bertz CT molecular complexity index is 814. The van der Waals surface area contributed by atoms with Crippen molar-refractivity contribution in [3.63, 3.8) is 0 Å². The molecule has 0 bridgehead atoms. The molecule has 1 saturated carbocycles. The van der Waals surface area contributed by atoms with Crippen LogP contribution in [0.5, 0.6) is 0 Å². The number of amides is 3. The number of hydrogen-bond donors (Lipinski definition) is 2. The average molecular weight is 388 g/mol. The average Bonchev–Trinajstić information content (AvgIpc) is 3.01. The third-order valence-electron chi connectivity index (χ3n) is 4.58. The van der Waals surface area contributed by atoms with E-state index in [1.54, 1.807) is 0 Å². The third kappa shape index (κ3) is 5.32. The van der Waals surface area contributed by atoms with Gasteiger partial charge in [-0.15, -0.1) is 10.2 Å². The molecule has 1 aliphatic carbocycles. The van der Waals surface area contributed by atoms with E-state index in [1.165, 1.54) is 18.2 Å². The molecule has 144 valence electrons. The van der Waals surface area contributed by atoms with Crippen molar-refractivity contribution < 1.29 is 9.59 Å². The van der Waals surface area contributed by atoms with E-state index in [9.17, 15) is 9.59 Å². The van der Waals surface area contributed by atoms with Gasteiger partial charge in [0.25, 0.3) is 0 Å². The number of urea groups is 1. The lowest BCUT2D eigenvalue weighted by Crippen LogP contribution is -2.45. The van der Waals surface area contributed by atoms with Gasteiger partial charge < -0.3 is 5.32 Å². The molecule has 0 spiro atoms. The summed E-state index contributed by atoms with van der Waals surface area (Å²) in [6.07, 6.45) is 5.44. The second-order valence-electron chi connectivity index (χ2n) is 6.85. The van der Waals surface area contributed by atoms with Crippen LogP contribution in [0.25, 0.3) is 5.69 Å². The van der Waals surface area contributed by atoms with Crippen molar-refractivity contribution in [2.24, 2.45) is 0 Å². The monoisotopic (exact) mass is 387 g/mol. The maximum atomic E-state index is 12.1. The number of carbonyl (C=O) groups excluding carboxylic acids is 2. The summed E-state index contributed by atoms with van der Waals surface area (Å²) in [4.78, 5) is 24.1. The first-order valence-electron chi connectivity index (χ1n) is 9.25. The van der Waals surface area contributed by atoms with Crippen LogP contribution in [0.15, 0.2) is 29.4 Å². The Morgan fingerprint density at radius 1 is 1.19 bits per heavy atom. The minimum Gasteiger partial charge on any atom is -0.335 e. The van der Waals surface area contributed by atoms with Gasteiger partial charge in [0.1, 0.15) is 5.82 Å². The Labute approximate surface area is 163 Å². The Morgan fingerprint density at radius 2 is 1.96 bits per heavy atom. The molecule has 0 atom stereocenters. The standard InChI is InChI=1S/C19H25N5O2S/c1-13-7-6-10-16(11-13)24-14(2)22-23-19(24)27-12-17(25)21-18(26)20-15-8-4-3-5-9-15/h6-7,10-11,15H,3-5,8-9,12H2,1-2H3,(H2,20,21,25,26). The molecule has 2 N–H and O–H groups in total. The van der Waals surface area contributed by atoms with Gasteiger partial charge >= 0.3 is 6.03 Å². The van der Waals surface area contributed by atoms with E-state index in [-0.39, 0.29) is 17.7 Å². The lowest BCUT2D eigenvalue weighted by atomic mass is 9.96. The number of aryl methyl sites for hydroxylation is 2. The van der Waals surface area contributed by atoms with Crippen LogP contribution < -0.4 is 10.6 Å².